The van der Waals surface area contributed by atoms with Gasteiger partial charge in [0.15, 0.2) is 0 Å². The molecule has 2 heteroatoms. The normalized spacial score (nSPS) is 14.9. The molecule has 1 aliphatic carbocycles. The van der Waals surface area contributed by atoms with Gasteiger partial charge in [0.25, 0.3) is 0 Å². The molecule has 1 saturated carbocycles. The van der Waals surface area contributed by atoms with Crippen LogP contribution in [0.2, 0.25) is 0 Å². The summed E-state index contributed by atoms with van der Waals surface area (Å²) >= 11 is 0. The van der Waals surface area contributed by atoms with Crippen molar-refractivity contribution in [3.05, 3.63) is 35.6 Å². The van der Waals surface area contributed by atoms with Gasteiger partial charge in [-0.1, -0.05) is 95.8 Å². The van der Waals surface area contributed by atoms with Gasteiger partial charge in [0, 0.05) is 12.3 Å². The quantitative estimate of drug-likeness (QED) is 0.247. The number of benzene rings is 1. The highest BCUT2D eigenvalue weighted by Crippen LogP contribution is 2.34. The molecule has 0 aliphatic heterocycles. The molecule has 158 valence electrons. The lowest BCUT2D eigenvalue weighted by Gasteiger charge is -2.16. The predicted molar refractivity (Wildman–Crippen MR) is 117 cm³/mol. The molecule has 2 rings (SSSR count). The lowest BCUT2D eigenvalue weighted by Crippen LogP contribution is -2.18. The van der Waals surface area contributed by atoms with Crippen LogP contribution in [0.5, 0.6) is 0 Å². The molecule has 1 aromatic rings. The van der Waals surface area contributed by atoms with Crippen LogP contribution in [0.4, 0.5) is 4.39 Å². The van der Waals surface area contributed by atoms with Crippen LogP contribution in [0, 0.1) is 17.7 Å². The van der Waals surface area contributed by atoms with E-state index < -0.39 is 0 Å². The number of hydrogen-bond acceptors (Lipinski definition) is 1. The van der Waals surface area contributed by atoms with Crippen molar-refractivity contribution >= 4 is 5.78 Å². The maximum Gasteiger partial charge on any atom is 0.136 e. The van der Waals surface area contributed by atoms with E-state index in [2.05, 4.69) is 6.92 Å². The topological polar surface area (TPSA) is 17.1 Å². The molecule has 28 heavy (non-hydrogen) atoms. The number of hydrogen-bond donors (Lipinski definition) is 0. The Kier molecular flexibility index (Phi) is 11.5. The van der Waals surface area contributed by atoms with Crippen molar-refractivity contribution in [2.24, 2.45) is 11.8 Å². The zero-order valence-corrected chi connectivity index (χ0v) is 18.1. The van der Waals surface area contributed by atoms with E-state index in [9.17, 15) is 9.18 Å². The summed E-state index contributed by atoms with van der Waals surface area (Å²) in [4.78, 5) is 12.7. The highest BCUT2D eigenvalue weighted by atomic mass is 19.1. The SMILES string of the molecule is CCCCCCCCCCCCCC(Cc1ccccc1F)C(=O)CC1CC1. The molecule has 0 saturated heterocycles. The van der Waals surface area contributed by atoms with Crippen molar-refractivity contribution in [2.75, 3.05) is 0 Å². The van der Waals surface area contributed by atoms with Crippen molar-refractivity contribution in [3.8, 4) is 0 Å². The number of Topliss-reactive ketones (excluding diaryl/α,β-unsaturated/α-hetero) is 1. The Labute approximate surface area is 172 Å². The van der Waals surface area contributed by atoms with Crippen LogP contribution in [0.3, 0.4) is 0 Å². The first-order valence-electron chi connectivity index (χ1n) is 12.0. The summed E-state index contributed by atoms with van der Waals surface area (Å²) in [5.41, 5.74) is 0.708. The van der Waals surface area contributed by atoms with Crippen molar-refractivity contribution in [1.82, 2.24) is 0 Å². The predicted octanol–water partition coefficient (Wildman–Crippen LogP) is 8.05. The Hall–Kier alpha value is -1.18. The van der Waals surface area contributed by atoms with Crippen LogP contribution < -0.4 is 0 Å². The van der Waals surface area contributed by atoms with Crippen molar-refractivity contribution in [1.29, 1.82) is 0 Å². The minimum absolute atomic E-state index is 0.0102. The molecule has 1 aromatic carbocycles. The molecular formula is C26H41FO. The Morgan fingerprint density at radius 1 is 0.929 bits per heavy atom. The molecule has 1 fully saturated rings. The molecule has 0 N–H and O–H groups in total. The maximum atomic E-state index is 14.0. The summed E-state index contributed by atoms with van der Waals surface area (Å²) in [6.45, 7) is 2.26. The van der Waals surface area contributed by atoms with E-state index >= 15 is 0 Å². The summed E-state index contributed by atoms with van der Waals surface area (Å²) in [6, 6.07) is 6.96. The number of unbranched alkanes of at least 4 members (excludes halogenated alkanes) is 10. The first-order chi connectivity index (χ1) is 13.7. The first-order valence-corrected chi connectivity index (χ1v) is 12.0. The number of rotatable bonds is 17. The lowest BCUT2D eigenvalue weighted by atomic mass is 9.87. The standard InChI is InChI=1S/C26H41FO/c1-2-3-4-5-6-7-8-9-10-11-12-16-24(26(28)20-22-18-19-22)21-23-15-13-14-17-25(23)27/h13-15,17,22,24H,2-12,16,18-21H2,1H3. The average molecular weight is 389 g/mol. The van der Waals surface area contributed by atoms with Gasteiger partial charge in [0.2, 0.25) is 0 Å². The zero-order chi connectivity index (χ0) is 20.0. The largest absolute Gasteiger partial charge is 0.299 e. The fourth-order valence-electron chi connectivity index (χ4n) is 4.13. The molecule has 0 amide bonds. The van der Waals surface area contributed by atoms with E-state index in [0.29, 0.717) is 23.7 Å². The average Bonchev–Trinajstić information content (AvgIpc) is 3.50. The number of ketones is 1. The fraction of sp³-hybridized carbons (Fsp3) is 0.731. The smallest absolute Gasteiger partial charge is 0.136 e. The second-order valence-corrected chi connectivity index (χ2v) is 8.93. The molecule has 0 bridgehead atoms. The Morgan fingerprint density at radius 3 is 2.07 bits per heavy atom. The number of carbonyl (C=O) groups excluding carboxylic acids is 1. The third kappa shape index (κ3) is 9.85. The Balaban J connectivity index is 1.62. The van der Waals surface area contributed by atoms with E-state index in [1.54, 1.807) is 6.07 Å². The molecule has 1 aliphatic rings. The van der Waals surface area contributed by atoms with Crippen molar-refractivity contribution in [2.45, 2.75) is 110 Å². The highest BCUT2D eigenvalue weighted by Gasteiger charge is 2.28. The van der Waals surface area contributed by atoms with Gasteiger partial charge < -0.3 is 0 Å². The molecule has 0 heterocycles. The van der Waals surface area contributed by atoms with E-state index in [4.69, 9.17) is 0 Å². The minimum atomic E-state index is -0.161. The summed E-state index contributed by atoms with van der Waals surface area (Å²) in [5, 5.41) is 0. The first kappa shape index (κ1) is 23.1. The van der Waals surface area contributed by atoms with Gasteiger partial charge in [-0.15, -0.1) is 0 Å². The number of halogens is 1. The van der Waals surface area contributed by atoms with Gasteiger partial charge in [-0.25, -0.2) is 4.39 Å². The summed E-state index contributed by atoms with van der Waals surface area (Å²) in [5.74, 6) is 0.840. The monoisotopic (exact) mass is 388 g/mol. The Morgan fingerprint density at radius 2 is 1.50 bits per heavy atom. The minimum Gasteiger partial charge on any atom is -0.299 e. The van der Waals surface area contributed by atoms with E-state index in [-0.39, 0.29) is 11.7 Å². The molecule has 0 spiro atoms. The summed E-state index contributed by atoms with van der Waals surface area (Å²) in [6.07, 6.45) is 19.2. The fourth-order valence-corrected chi connectivity index (χ4v) is 4.13. The maximum absolute atomic E-state index is 14.0. The third-order valence-electron chi connectivity index (χ3n) is 6.22. The molecule has 0 radical (unpaired) electrons. The molecular weight excluding hydrogens is 347 g/mol. The van der Waals surface area contributed by atoms with Gasteiger partial charge in [-0.2, -0.15) is 0 Å². The van der Waals surface area contributed by atoms with Crippen LogP contribution in [0.25, 0.3) is 0 Å². The zero-order valence-electron chi connectivity index (χ0n) is 18.1. The van der Waals surface area contributed by atoms with E-state index in [1.165, 1.54) is 83.1 Å². The third-order valence-corrected chi connectivity index (χ3v) is 6.22. The van der Waals surface area contributed by atoms with Crippen LogP contribution >= 0.6 is 0 Å². The van der Waals surface area contributed by atoms with Gasteiger partial charge >= 0.3 is 0 Å². The second kappa shape index (κ2) is 13.9. The van der Waals surface area contributed by atoms with Crippen LogP contribution in [0.15, 0.2) is 24.3 Å². The molecule has 1 nitrogen and oxygen atoms in total. The van der Waals surface area contributed by atoms with Gasteiger partial charge in [-0.05, 0) is 43.2 Å². The summed E-state index contributed by atoms with van der Waals surface area (Å²) in [7, 11) is 0. The lowest BCUT2D eigenvalue weighted by molar-refractivity contribution is -0.123. The van der Waals surface area contributed by atoms with Crippen LogP contribution in [0.1, 0.15) is 109 Å². The molecule has 1 unspecified atom stereocenters. The van der Waals surface area contributed by atoms with Gasteiger partial charge in [0.05, 0.1) is 0 Å². The van der Waals surface area contributed by atoms with Crippen molar-refractivity contribution < 1.29 is 9.18 Å². The summed E-state index contributed by atoms with van der Waals surface area (Å²) < 4.78 is 14.0. The highest BCUT2D eigenvalue weighted by molar-refractivity contribution is 5.81. The van der Waals surface area contributed by atoms with Crippen LogP contribution in [-0.2, 0) is 11.2 Å². The number of carbonyl (C=O) groups is 1. The molecule has 1 atom stereocenters. The molecule has 0 aromatic heterocycles. The second-order valence-electron chi connectivity index (χ2n) is 8.93. The van der Waals surface area contributed by atoms with E-state index in [0.717, 1.165) is 19.3 Å². The van der Waals surface area contributed by atoms with Gasteiger partial charge in [0.1, 0.15) is 11.6 Å². The van der Waals surface area contributed by atoms with Crippen LogP contribution in [-0.4, -0.2) is 5.78 Å². The van der Waals surface area contributed by atoms with E-state index in [1.807, 2.05) is 12.1 Å². The van der Waals surface area contributed by atoms with Gasteiger partial charge in [-0.3, -0.25) is 4.79 Å². The Bertz CT molecular complexity index is 549. The van der Waals surface area contributed by atoms with Crippen molar-refractivity contribution in [3.63, 3.8) is 0 Å².